The van der Waals surface area contributed by atoms with Crippen molar-refractivity contribution in [2.45, 2.75) is 12.8 Å². The highest BCUT2D eigenvalue weighted by molar-refractivity contribution is 5.94. The zero-order valence-electron chi connectivity index (χ0n) is 13.1. The Morgan fingerprint density at radius 2 is 1.75 bits per heavy atom. The number of carbonyl (C=O) groups is 2. The molecule has 0 saturated carbocycles. The lowest BCUT2D eigenvalue weighted by molar-refractivity contribution is -0.138. The summed E-state index contributed by atoms with van der Waals surface area (Å²) in [6, 6.07) is 14.2. The van der Waals surface area contributed by atoms with Crippen LogP contribution in [0.4, 0.5) is 17.1 Å². The van der Waals surface area contributed by atoms with E-state index in [9.17, 15) is 9.59 Å². The molecule has 2 rings (SSSR count). The van der Waals surface area contributed by atoms with E-state index in [4.69, 9.17) is 9.84 Å². The van der Waals surface area contributed by atoms with Gasteiger partial charge in [-0.15, -0.1) is 0 Å². The largest absolute Gasteiger partial charge is 0.494 e. The molecule has 2 N–H and O–H groups in total. The monoisotopic (exact) mass is 327 g/mol. The number of carboxylic acid groups (broad SMARTS) is 1. The summed E-state index contributed by atoms with van der Waals surface area (Å²) in [5, 5.41) is 19.4. The number of rotatable bonds is 7. The predicted molar refractivity (Wildman–Crippen MR) is 89.1 cm³/mol. The van der Waals surface area contributed by atoms with E-state index in [2.05, 4.69) is 15.5 Å². The minimum absolute atomic E-state index is 0.103. The third kappa shape index (κ3) is 5.20. The van der Waals surface area contributed by atoms with E-state index in [1.54, 1.807) is 18.2 Å². The molecular formula is C17H17N3O4. The lowest BCUT2D eigenvalue weighted by Gasteiger charge is -2.10. The van der Waals surface area contributed by atoms with Crippen molar-refractivity contribution in [3.8, 4) is 5.75 Å². The van der Waals surface area contributed by atoms with Crippen LogP contribution in [0.25, 0.3) is 0 Å². The number of hydrogen-bond donors (Lipinski definition) is 2. The summed E-state index contributed by atoms with van der Waals surface area (Å²) in [6.07, 6.45) is -0.328. The van der Waals surface area contributed by atoms with Crippen molar-refractivity contribution in [3.05, 3.63) is 48.5 Å². The smallest absolute Gasteiger partial charge is 0.303 e. The standard InChI is InChI=1S/C17H17N3O4/c1-24-15-11-13(20-19-12-5-3-2-4-6-12)7-8-14(15)18-16(21)9-10-17(22)23/h2-8,11H,9-10H2,1H3,(H,18,21)(H,22,23). The Bertz CT molecular complexity index is 745. The van der Waals surface area contributed by atoms with Crippen LogP contribution >= 0.6 is 0 Å². The molecule has 0 heterocycles. The zero-order valence-corrected chi connectivity index (χ0v) is 13.1. The van der Waals surface area contributed by atoms with Crippen LogP contribution in [0.1, 0.15) is 12.8 Å². The van der Waals surface area contributed by atoms with E-state index >= 15 is 0 Å². The number of ether oxygens (including phenoxy) is 1. The first-order chi connectivity index (χ1) is 11.6. The Hall–Kier alpha value is -3.22. The van der Waals surface area contributed by atoms with Gasteiger partial charge in [0.15, 0.2) is 0 Å². The highest BCUT2D eigenvalue weighted by atomic mass is 16.5. The summed E-state index contributed by atoms with van der Waals surface area (Å²) in [5.74, 6) is -0.994. The van der Waals surface area contributed by atoms with Gasteiger partial charge in [0.1, 0.15) is 5.75 Å². The Labute approximate surface area is 139 Å². The van der Waals surface area contributed by atoms with Gasteiger partial charge in [-0.2, -0.15) is 10.2 Å². The van der Waals surface area contributed by atoms with Crippen molar-refractivity contribution in [1.29, 1.82) is 0 Å². The van der Waals surface area contributed by atoms with Gasteiger partial charge in [-0.05, 0) is 24.3 Å². The van der Waals surface area contributed by atoms with Gasteiger partial charge in [0.05, 0.1) is 30.6 Å². The van der Waals surface area contributed by atoms with Crippen LogP contribution in [0, 0.1) is 0 Å². The maximum atomic E-state index is 11.7. The average molecular weight is 327 g/mol. The first-order valence-corrected chi connectivity index (χ1v) is 7.25. The van der Waals surface area contributed by atoms with Gasteiger partial charge in [0.2, 0.25) is 5.91 Å². The molecule has 24 heavy (non-hydrogen) atoms. The number of anilines is 1. The van der Waals surface area contributed by atoms with E-state index < -0.39 is 11.9 Å². The molecule has 0 saturated heterocycles. The Kier molecular flexibility index (Phi) is 6.01. The van der Waals surface area contributed by atoms with Crippen molar-refractivity contribution in [2.24, 2.45) is 10.2 Å². The van der Waals surface area contributed by atoms with Crippen LogP contribution in [0.2, 0.25) is 0 Å². The Morgan fingerprint density at radius 1 is 1.04 bits per heavy atom. The highest BCUT2D eigenvalue weighted by Gasteiger charge is 2.10. The third-order valence-electron chi connectivity index (χ3n) is 3.06. The molecule has 7 heteroatoms. The number of hydrogen-bond acceptors (Lipinski definition) is 5. The Morgan fingerprint density at radius 3 is 2.42 bits per heavy atom. The van der Waals surface area contributed by atoms with E-state index in [0.29, 0.717) is 17.1 Å². The number of carbonyl (C=O) groups excluding carboxylic acids is 1. The van der Waals surface area contributed by atoms with Crippen LogP contribution in [-0.2, 0) is 9.59 Å². The Balaban J connectivity index is 2.08. The van der Waals surface area contributed by atoms with Crippen LogP contribution in [0.5, 0.6) is 5.75 Å². The molecule has 0 unspecified atom stereocenters. The van der Waals surface area contributed by atoms with Crippen LogP contribution in [0.3, 0.4) is 0 Å². The molecule has 0 aromatic heterocycles. The first-order valence-electron chi connectivity index (χ1n) is 7.25. The molecule has 0 spiro atoms. The van der Waals surface area contributed by atoms with E-state index in [1.165, 1.54) is 7.11 Å². The number of azo groups is 1. The number of nitrogens with one attached hydrogen (secondary N) is 1. The lowest BCUT2D eigenvalue weighted by atomic mass is 10.2. The van der Waals surface area contributed by atoms with Gasteiger partial charge in [0.25, 0.3) is 0 Å². The van der Waals surface area contributed by atoms with Gasteiger partial charge in [-0.25, -0.2) is 0 Å². The van der Waals surface area contributed by atoms with Crippen LogP contribution < -0.4 is 10.1 Å². The highest BCUT2D eigenvalue weighted by Crippen LogP contribution is 2.30. The molecule has 0 atom stereocenters. The lowest BCUT2D eigenvalue weighted by Crippen LogP contribution is -2.13. The van der Waals surface area contributed by atoms with Gasteiger partial charge >= 0.3 is 5.97 Å². The molecule has 124 valence electrons. The third-order valence-corrected chi connectivity index (χ3v) is 3.06. The summed E-state index contributed by atoms with van der Waals surface area (Å²) in [4.78, 5) is 22.2. The SMILES string of the molecule is COc1cc(N=Nc2ccccc2)ccc1NC(=O)CCC(=O)O. The summed E-state index contributed by atoms with van der Waals surface area (Å²) in [5.41, 5.74) is 1.74. The van der Waals surface area contributed by atoms with Crippen molar-refractivity contribution < 1.29 is 19.4 Å². The van der Waals surface area contributed by atoms with Crippen LogP contribution in [-0.4, -0.2) is 24.1 Å². The molecule has 1 amide bonds. The fraction of sp³-hybridized carbons (Fsp3) is 0.176. The number of amides is 1. The van der Waals surface area contributed by atoms with Gasteiger partial charge < -0.3 is 15.2 Å². The van der Waals surface area contributed by atoms with Crippen molar-refractivity contribution in [1.82, 2.24) is 0 Å². The fourth-order valence-electron chi connectivity index (χ4n) is 1.89. The summed E-state index contributed by atoms with van der Waals surface area (Å²) in [7, 11) is 1.47. The molecule has 0 aliphatic rings. The number of nitrogens with zero attached hydrogens (tertiary/aromatic N) is 2. The number of carboxylic acids is 1. The molecule has 0 aliphatic carbocycles. The predicted octanol–water partition coefficient (Wildman–Crippen LogP) is 3.91. The maximum Gasteiger partial charge on any atom is 0.303 e. The average Bonchev–Trinajstić information content (AvgIpc) is 2.60. The van der Waals surface area contributed by atoms with Crippen molar-refractivity contribution in [3.63, 3.8) is 0 Å². The molecule has 0 fully saturated rings. The summed E-state index contributed by atoms with van der Waals surface area (Å²) in [6.45, 7) is 0. The van der Waals surface area contributed by atoms with Crippen molar-refractivity contribution in [2.75, 3.05) is 12.4 Å². The van der Waals surface area contributed by atoms with E-state index in [0.717, 1.165) is 5.69 Å². The minimum atomic E-state index is -1.02. The second-order valence-electron chi connectivity index (χ2n) is 4.86. The second-order valence-corrected chi connectivity index (χ2v) is 4.86. The molecule has 7 nitrogen and oxygen atoms in total. The van der Waals surface area contributed by atoms with E-state index in [1.807, 2.05) is 30.3 Å². The number of aliphatic carboxylic acids is 1. The van der Waals surface area contributed by atoms with E-state index in [-0.39, 0.29) is 12.8 Å². The number of benzene rings is 2. The molecule has 0 aliphatic heterocycles. The molecular weight excluding hydrogens is 310 g/mol. The van der Waals surface area contributed by atoms with Gasteiger partial charge in [-0.1, -0.05) is 18.2 Å². The van der Waals surface area contributed by atoms with Gasteiger partial charge in [0, 0.05) is 12.5 Å². The molecule has 0 radical (unpaired) electrons. The maximum absolute atomic E-state index is 11.7. The topological polar surface area (TPSA) is 100 Å². The molecule has 2 aromatic carbocycles. The van der Waals surface area contributed by atoms with Gasteiger partial charge in [-0.3, -0.25) is 9.59 Å². The second kappa shape index (κ2) is 8.42. The zero-order chi connectivity index (χ0) is 17.4. The fourth-order valence-corrected chi connectivity index (χ4v) is 1.89. The van der Waals surface area contributed by atoms with Crippen LogP contribution in [0.15, 0.2) is 58.8 Å². The van der Waals surface area contributed by atoms with Crippen molar-refractivity contribution >= 4 is 28.9 Å². The molecule has 0 bridgehead atoms. The number of methoxy groups -OCH3 is 1. The normalized spacial score (nSPS) is 10.5. The summed E-state index contributed by atoms with van der Waals surface area (Å²) < 4.78 is 5.23. The molecule has 2 aromatic rings. The first kappa shape index (κ1) is 17.1. The minimum Gasteiger partial charge on any atom is -0.494 e. The summed E-state index contributed by atoms with van der Waals surface area (Å²) >= 11 is 0. The quantitative estimate of drug-likeness (QED) is 0.753.